The van der Waals surface area contributed by atoms with E-state index in [0.717, 1.165) is 51.7 Å². The Morgan fingerprint density at radius 3 is 2.31 bits per heavy atom. The Morgan fingerprint density at radius 2 is 1.78 bits per heavy atom. The first kappa shape index (κ1) is 25.1. The van der Waals surface area contributed by atoms with Gasteiger partial charge in [-0.05, 0) is 64.2 Å². The van der Waals surface area contributed by atoms with E-state index in [2.05, 4.69) is 19.2 Å². The summed E-state index contributed by atoms with van der Waals surface area (Å²) in [6.45, 7) is 13.8. The van der Waals surface area contributed by atoms with Gasteiger partial charge in [-0.1, -0.05) is 43.7 Å². The summed E-state index contributed by atoms with van der Waals surface area (Å²) in [7, 11) is 0. The summed E-state index contributed by atoms with van der Waals surface area (Å²) in [4.78, 5) is 28.4. The Hall–Kier alpha value is -3.15. The summed E-state index contributed by atoms with van der Waals surface area (Å²) >= 11 is 0. The first-order chi connectivity index (χ1) is 14.9. The van der Waals surface area contributed by atoms with Crippen LogP contribution in [0, 0.1) is 19.8 Å². The van der Waals surface area contributed by atoms with E-state index in [1.807, 2.05) is 58.9 Å². The summed E-state index contributed by atoms with van der Waals surface area (Å²) in [6, 6.07) is 8.06. The Morgan fingerprint density at radius 1 is 1.16 bits per heavy atom. The number of benzene rings is 1. The van der Waals surface area contributed by atoms with Crippen molar-refractivity contribution in [1.29, 1.82) is 0 Å². The van der Waals surface area contributed by atoms with Crippen LogP contribution in [0.5, 0.6) is 0 Å². The highest BCUT2D eigenvalue weighted by atomic mass is 16.6. The second-order valence-electron chi connectivity index (χ2n) is 9.40. The summed E-state index contributed by atoms with van der Waals surface area (Å²) in [5.74, 6) is -0.674. The number of nitrogens with zero attached hydrogens (tertiary/aromatic N) is 1. The molecule has 6 nitrogen and oxygen atoms in total. The molecule has 2 aromatic rings. The number of ether oxygens (including phenoxy) is 1. The molecule has 0 saturated heterocycles. The minimum absolute atomic E-state index is 0.224. The predicted molar refractivity (Wildman–Crippen MR) is 127 cm³/mol. The molecule has 172 valence electrons. The van der Waals surface area contributed by atoms with Crippen LogP contribution < -0.4 is 5.32 Å². The molecular formula is C26H34N2O4. The van der Waals surface area contributed by atoms with E-state index < -0.39 is 17.7 Å². The van der Waals surface area contributed by atoms with Crippen LogP contribution in [-0.2, 0) is 22.5 Å². The number of carboxylic acid groups (broad SMARTS) is 1. The summed E-state index contributed by atoms with van der Waals surface area (Å²) in [5.41, 5.74) is 5.56. The standard InChI is InChI=1S/C26H34N2O4/c1-16(2)14-22-21(15-27-25(31)32-26(5,6)7)24(19-10-8-17(3)9-11-19)20(18(4)28-22)12-13-23(29)30/h8-13,16H,14-15H2,1-7H3,(H,27,31)(H,29,30)/b13-12+. The quantitative estimate of drug-likeness (QED) is 0.543. The van der Waals surface area contributed by atoms with Gasteiger partial charge < -0.3 is 15.2 Å². The van der Waals surface area contributed by atoms with Crippen LogP contribution in [0.15, 0.2) is 30.3 Å². The fourth-order valence-electron chi connectivity index (χ4n) is 3.45. The SMILES string of the molecule is Cc1ccc(-c2c(/C=C/C(=O)O)c(C)nc(CC(C)C)c2CNC(=O)OC(C)(C)C)cc1. The summed E-state index contributed by atoms with van der Waals surface area (Å²) < 4.78 is 5.41. The molecule has 0 bridgehead atoms. The normalized spacial score (nSPS) is 11.8. The van der Waals surface area contributed by atoms with Crippen molar-refractivity contribution in [1.82, 2.24) is 10.3 Å². The van der Waals surface area contributed by atoms with Gasteiger partial charge in [-0.25, -0.2) is 9.59 Å². The molecule has 0 radical (unpaired) electrons. The number of rotatable bonds is 7. The molecule has 1 amide bonds. The van der Waals surface area contributed by atoms with Gasteiger partial charge >= 0.3 is 12.1 Å². The lowest BCUT2D eigenvalue weighted by Gasteiger charge is -2.23. The lowest BCUT2D eigenvalue weighted by molar-refractivity contribution is -0.131. The number of aromatic nitrogens is 1. The molecular weight excluding hydrogens is 404 g/mol. The monoisotopic (exact) mass is 438 g/mol. The highest BCUT2D eigenvalue weighted by Crippen LogP contribution is 2.33. The predicted octanol–water partition coefficient (Wildman–Crippen LogP) is 5.69. The van der Waals surface area contributed by atoms with E-state index >= 15 is 0 Å². The Balaban J connectivity index is 2.68. The maximum Gasteiger partial charge on any atom is 0.407 e. The Kier molecular flexibility index (Phi) is 8.19. The van der Waals surface area contributed by atoms with Gasteiger partial charge in [0.15, 0.2) is 0 Å². The van der Waals surface area contributed by atoms with E-state index in [1.165, 1.54) is 0 Å². The van der Waals surface area contributed by atoms with Crippen LogP contribution in [0.25, 0.3) is 17.2 Å². The molecule has 0 spiro atoms. The Bertz CT molecular complexity index is 1000. The molecule has 1 heterocycles. The molecule has 0 fully saturated rings. The molecule has 2 rings (SSSR count). The van der Waals surface area contributed by atoms with Crippen LogP contribution in [0.2, 0.25) is 0 Å². The van der Waals surface area contributed by atoms with Crippen molar-refractivity contribution in [3.8, 4) is 11.1 Å². The number of aliphatic carboxylic acids is 1. The number of pyridine rings is 1. The molecule has 0 aliphatic heterocycles. The number of aryl methyl sites for hydroxylation is 2. The molecule has 32 heavy (non-hydrogen) atoms. The van der Waals surface area contributed by atoms with Gasteiger partial charge in [-0.15, -0.1) is 0 Å². The van der Waals surface area contributed by atoms with Gasteiger partial charge in [-0.3, -0.25) is 4.98 Å². The van der Waals surface area contributed by atoms with Gasteiger partial charge in [-0.2, -0.15) is 0 Å². The molecule has 0 unspecified atom stereocenters. The van der Waals surface area contributed by atoms with Gasteiger partial charge in [0.05, 0.1) is 0 Å². The maximum atomic E-state index is 12.4. The number of amides is 1. The molecule has 0 aliphatic rings. The summed E-state index contributed by atoms with van der Waals surface area (Å²) in [6.07, 6.45) is 2.92. The highest BCUT2D eigenvalue weighted by Gasteiger charge is 2.21. The number of nitrogens with one attached hydrogen (secondary N) is 1. The van der Waals surface area contributed by atoms with E-state index in [9.17, 15) is 14.7 Å². The van der Waals surface area contributed by atoms with Crippen LogP contribution in [0.1, 0.15) is 62.7 Å². The maximum absolute atomic E-state index is 12.4. The van der Waals surface area contributed by atoms with Crippen molar-refractivity contribution in [2.45, 2.75) is 67.0 Å². The topological polar surface area (TPSA) is 88.5 Å². The van der Waals surface area contributed by atoms with Crippen molar-refractivity contribution in [3.05, 3.63) is 58.4 Å². The minimum atomic E-state index is -1.03. The highest BCUT2D eigenvalue weighted by molar-refractivity contribution is 5.89. The second kappa shape index (κ2) is 10.4. The van der Waals surface area contributed by atoms with Crippen molar-refractivity contribution >= 4 is 18.1 Å². The first-order valence-electron chi connectivity index (χ1n) is 10.8. The third-order valence-electron chi connectivity index (χ3n) is 4.75. The minimum Gasteiger partial charge on any atom is -0.478 e. The molecule has 1 aromatic heterocycles. The van der Waals surface area contributed by atoms with Crippen LogP contribution >= 0.6 is 0 Å². The summed E-state index contributed by atoms with van der Waals surface area (Å²) in [5, 5.41) is 12.1. The number of alkyl carbamates (subject to hydrolysis) is 1. The lowest BCUT2D eigenvalue weighted by Crippen LogP contribution is -2.32. The largest absolute Gasteiger partial charge is 0.478 e. The van der Waals surface area contributed by atoms with Crippen LogP contribution in [-0.4, -0.2) is 27.8 Å². The van der Waals surface area contributed by atoms with E-state index in [1.54, 1.807) is 6.08 Å². The molecule has 0 aliphatic carbocycles. The van der Waals surface area contributed by atoms with Crippen molar-refractivity contribution in [3.63, 3.8) is 0 Å². The van der Waals surface area contributed by atoms with Gasteiger partial charge in [0.2, 0.25) is 0 Å². The molecule has 6 heteroatoms. The average molecular weight is 439 g/mol. The smallest absolute Gasteiger partial charge is 0.407 e. The van der Waals surface area contributed by atoms with Crippen molar-refractivity contribution < 1.29 is 19.4 Å². The molecule has 0 atom stereocenters. The average Bonchev–Trinajstić information content (AvgIpc) is 2.64. The zero-order valence-corrected chi connectivity index (χ0v) is 20.1. The van der Waals surface area contributed by atoms with Gasteiger partial charge in [0, 0.05) is 35.1 Å². The number of carboxylic acids is 1. The molecule has 0 saturated carbocycles. The Labute approximate surface area is 190 Å². The van der Waals surface area contributed by atoms with Crippen molar-refractivity contribution in [2.24, 2.45) is 5.92 Å². The number of carbonyl (C=O) groups excluding carboxylic acids is 1. The number of hydrogen-bond acceptors (Lipinski definition) is 4. The zero-order chi connectivity index (χ0) is 24.1. The molecule has 2 N–H and O–H groups in total. The third kappa shape index (κ3) is 7.22. The fraction of sp³-hybridized carbons (Fsp3) is 0.423. The first-order valence-corrected chi connectivity index (χ1v) is 10.8. The van der Waals surface area contributed by atoms with Gasteiger partial charge in [0.1, 0.15) is 5.60 Å². The second-order valence-corrected chi connectivity index (χ2v) is 9.40. The number of carbonyl (C=O) groups is 2. The van der Waals surface area contributed by atoms with E-state index in [4.69, 9.17) is 9.72 Å². The van der Waals surface area contributed by atoms with Crippen LogP contribution in [0.3, 0.4) is 0 Å². The molecule has 1 aromatic carbocycles. The van der Waals surface area contributed by atoms with Crippen LogP contribution in [0.4, 0.5) is 4.79 Å². The third-order valence-corrected chi connectivity index (χ3v) is 4.75. The zero-order valence-electron chi connectivity index (χ0n) is 20.1. The van der Waals surface area contributed by atoms with Gasteiger partial charge in [0.25, 0.3) is 0 Å². The van der Waals surface area contributed by atoms with Crippen molar-refractivity contribution in [2.75, 3.05) is 0 Å². The van der Waals surface area contributed by atoms with E-state index in [-0.39, 0.29) is 6.54 Å². The number of hydrogen-bond donors (Lipinski definition) is 2. The lowest BCUT2D eigenvalue weighted by atomic mass is 9.89. The fourth-order valence-corrected chi connectivity index (χ4v) is 3.45. The van der Waals surface area contributed by atoms with E-state index in [0.29, 0.717) is 5.92 Å².